The Morgan fingerprint density at radius 1 is 0.247 bits per heavy atom. The minimum absolute atomic E-state index is 0.125. The Kier molecular flexibility index (Phi) is 62.0. The SMILES string of the molecule is CC/C=C\C/C=C\C/C=C\C/C=C\C/C=C\C/C=C\CCCCCCC(=O)OCC(COC(=O)CCC/C=C\C/C=C\C/C=C\C/C=C\C/C=C\CC)OC(=O)CCCCCCCCC/C=C\C/C=C\C/C=C\C/C=C\C/C=C\CC. The van der Waals surface area contributed by atoms with Crippen molar-refractivity contribution in [3.63, 3.8) is 0 Å². The third-order valence-electron chi connectivity index (χ3n) is 12.6. The molecule has 1 unspecified atom stereocenters. The minimum Gasteiger partial charge on any atom is -0.462 e. The molecular weight excluding hydrogens is 997 g/mol. The van der Waals surface area contributed by atoms with Crippen molar-refractivity contribution in [1.82, 2.24) is 0 Å². The second-order valence-corrected chi connectivity index (χ2v) is 20.2. The van der Waals surface area contributed by atoms with Crippen LogP contribution < -0.4 is 0 Å². The van der Waals surface area contributed by atoms with E-state index < -0.39 is 6.10 Å². The molecule has 6 nitrogen and oxygen atoms in total. The predicted molar refractivity (Wildman–Crippen MR) is 352 cm³/mol. The maximum absolute atomic E-state index is 12.9. The summed E-state index contributed by atoms with van der Waals surface area (Å²) in [4.78, 5) is 38.4. The Hall–Kier alpha value is -5.75. The number of hydrogen-bond acceptors (Lipinski definition) is 6. The molecule has 0 heterocycles. The van der Waals surface area contributed by atoms with Gasteiger partial charge >= 0.3 is 17.9 Å². The summed E-state index contributed by atoms with van der Waals surface area (Å²) < 4.78 is 16.9. The van der Waals surface area contributed by atoms with Crippen LogP contribution in [0.1, 0.15) is 239 Å². The van der Waals surface area contributed by atoms with Gasteiger partial charge in [-0.1, -0.05) is 260 Å². The zero-order valence-electron chi connectivity index (χ0n) is 51.5. The molecule has 0 spiro atoms. The van der Waals surface area contributed by atoms with Crippen LogP contribution in [-0.4, -0.2) is 37.2 Å². The maximum Gasteiger partial charge on any atom is 0.306 e. The van der Waals surface area contributed by atoms with Crippen LogP contribution in [0.4, 0.5) is 0 Å². The number of esters is 3. The lowest BCUT2D eigenvalue weighted by molar-refractivity contribution is -0.167. The fraction of sp³-hybridized carbons (Fsp3) is 0.533. The minimum atomic E-state index is -0.833. The summed E-state index contributed by atoms with van der Waals surface area (Å²) in [6.07, 6.45) is 101. The first-order valence-corrected chi connectivity index (χ1v) is 31.9. The Labute approximate surface area is 497 Å². The predicted octanol–water partition coefficient (Wildman–Crippen LogP) is 22.2. The molecule has 0 aliphatic carbocycles. The van der Waals surface area contributed by atoms with Crippen molar-refractivity contribution in [3.8, 4) is 0 Å². The van der Waals surface area contributed by atoms with Crippen molar-refractivity contribution in [3.05, 3.63) is 194 Å². The number of ether oxygens (including phenoxy) is 3. The van der Waals surface area contributed by atoms with Gasteiger partial charge in [0.15, 0.2) is 6.10 Å². The molecule has 0 aromatic heterocycles. The van der Waals surface area contributed by atoms with Crippen LogP contribution in [0, 0.1) is 0 Å². The van der Waals surface area contributed by atoms with Gasteiger partial charge < -0.3 is 14.2 Å². The Morgan fingerprint density at radius 3 is 0.741 bits per heavy atom. The van der Waals surface area contributed by atoms with E-state index in [0.29, 0.717) is 12.8 Å². The first-order chi connectivity index (χ1) is 40.0. The number of allylic oxidation sites excluding steroid dienone is 32. The molecule has 0 saturated carbocycles. The molecule has 0 amide bonds. The lowest BCUT2D eigenvalue weighted by Gasteiger charge is -2.18. The van der Waals surface area contributed by atoms with Crippen LogP contribution in [0.15, 0.2) is 194 Å². The second-order valence-electron chi connectivity index (χ2n) is 20.2. The average molecular weight is 1110 g/mol. The number of hydrogen-bond donors (Lipinski definition) is 0. The molecule has 0 fully saturated rings. The van der Waals surface area contributed by atoms with E-state index in [1.54, 1.807) is 0 Å². The van der Waals surface area contributed by atoms with E-state index >= 15 is 0 Å². The van der Waals surface area contributed by atoms with E-state index in [1.165, 1.54) is 19.3 Å². The average Bonchev–Trinajstić information content (AvgIpc) is 3.47. The third-order valence-corrected chi connectivity index (χ3v) is 12.6. The molecule has 0 aromatic carbocycles. The molecule has 81 heavy (non-hydrogen) atoms. The normalized spacial score (nSPS) is 13.5. The molecule has 0 aliphatic heterocycles. The summed E-state index contributed by atoms with van der Waals surface area (Å²) in [6.45, 7) is 6.20. The molecule has 0 aromatic rings. The molecule has 450 valence electrons. The van der Waals surface area contributed by atoms with Crippen molar-refractivity contribution in [1.29, 1.82) is 0 Å². The van der Waals surface area contributed by atoms with Gasteiger partial charge in [-0.25, -0.2) is 0 Å². The highest BCUT2D eigenvalue weighted by Crippen LogP contribution is 2.13. The number of unbranched alkanes of at least 4 members (excludes halogenated alkanes) is 12. The Morgan fingerprint density at radius 2 is 0.457 bits per heavy atom. The van der Waals surface area contributed by atoms with E-state index in [1.807, 2.05) is 0 Å². The topological polar surface area (TPSA) is 78.9 Å². The summed E-state index contributed by atoms with van der Waals surface area (Å²) >= 11 is 0. The quantitative estimate of drug-likeness (QED) is 0.0261. The van der Waals surface area contributed by atoms with Crippen LogP contribution >= 0.6 is 0 Å². The molecule has 0 rings (SSSR count). The highest BCUT2D eigenvalue weighted by molar-refractivity contribution is 5.71. The lowest BCUT2D eigenvalue weighted by atomic mass is 10.1. The van der Waals surface area contributed by atoms with Crippen molar-refractivity contribution in [2.24, 2.45) is 0 Å². The monoisotopic (exact) mass is 1110 g/mol. The van der Waals surface area contributed by atoms with Crippen molar-refractivity contribution in [2.75, 3.05) is 13.2 Å². The van der Waals surface area contributed by atoms with E-state index in [-0.39, 0.29) is 44.0 Å². The molecule has 0 N–H and O–H groups in total. The largest absolute Gasteiger partial charge is 0.462 e. The summed E-state index contributed by atoms with van der Waals surface area (Å²) in [6, 6.07) is 0. The zero-order chi connectivity index (χ0) is 58.5. The number of carbonyl (C=O) groups excluding carboxylic acids is 3. The molecule has 0 bridgehead atoms. The highest BCUT2D eigenvalue weighted by Gasteiger charge is 2.19. The van der Waals surface area contributed by atoms with Crippen molar-refractivity contribution < 1.29 is 28.6 Å². The molecule has 0 saturated heterocycles. The summed E-state index contributed by atoms with van der Waals surface area (Å²) in [5, 5.41) is 0. The first kappa shape index (κ1) is 75.2. The van der Waals surface area contributed by atoms with E-state index in [9.17, 15) is 14.4 Å². The van der Waals surface area contributed by atoms with Gasteiger partial charge in [0.25, 0.3) is 0 Å². The van der Waals surface area contributed by atoms with Gasteiger partial charge in [0.1, 0.15) is 13.2 Å². The molecule has 1 atom stereocenters. The summed E-state index contributed by atoms with van der Waals surface area (Å²) in [5.41, 5.74) is 0. The van der Waals surface area contributed by atoms with Gasteiger partial charge in [0.05, 0.1) is 0 Å². The van der Waals surface area contributed by atoms with Gasteiger partial charge in [-0.2, -0.15) is 0 Å². The van der Waals surface area contributed by atoms with Gasteiger partial charge in [0.2, 0.25) is 0 Å². The third kappa shape index (κ3) is 64.9. The van der Waals surface area contributed by atoms with Crippen LogP contribution in [0.2, 0.25) is 0 Å². The lowest BCUT2D eigenvalue weighted by Crippen LogP contribution is -2.30. The van der Waals surface area contributed by atoms with Gasteiger partial charge in [-0.15, -0.1) is 0 Å². The first-order valence-electron chi connectivity index (χ1n) is 31.9. The van der Waals surface area contributed by atoms with Crippen molar-refractivity contribution in [2.45, 2.75) is 245 Å². The van der Waals surface area contributed by atoms with Crippen molar-refractivity contribution >= 4 is 17.9 Å². The maximum atomic E-state index is 12.9. The molecular formula is C75H114O6. The standard InChI is InChI=1S/C75H114O6/c1-4-7-10-13-16-19-22-25-28-31-33-35-37-39-41-44-47-50-53-56-59-62-65-68-74(77)80-71-72(70-79-73(76)67-64-61-58-55-52-49-46-43-30-27-24-21-18-15-12-9-6-3)81-75(78)69-66-63-60-57-54-51-48-45-42-40-38-36-34-32-29-26-23-20-17-14-11-8-5-2/h7-12,16-21,25-30,33-36,39-42,46-47,49-50,55,58,72H,4-6,13-15,22-24,31-32,37-38,43-45,48,51-54,56-57,59-71H2,1-3H3/b10-7-,11-8-,12-9-,19-16-,20-17-,21-18-,28-25-,29-26-,30-27-,35-33-,36-34-,41-39-,42-40-,49-46-,50-47-,58-55-. The Bertz CT molecular complexity index is 1950. The van der Waals surface area contributed by atoms with Gasteiger partial charge in [-0.3, -0.25) is 14.4 Å². The highest BCUT2D eigenvalue weighted by atomic mass is 16.6. The molecule has 0 aliphatic rings. The number of carbonyl (C=O) groups is 3. The van der Waals surface area contributed by atoms with Crippen LogP contribution in [0.25, 0.3) is 0 Å². The fourth-order valence-electron chi connectivity index (χ4n) is 7.92. The Balaban J connectivity index is 4.58. The van der Waals surface area contributed by atoms with Crippen LogP contribution in [0.3, 0.4) is 0 Å². The fourth-order valence-corrected chi connectivity index (χ4v) is 7.92. The van der Waals surface area contributed by atoms with E-state index in [4.69, 9.17) is 14.2 Å². The molecule has 6 heteroatoms. The van der Waals surface area contributed by atoms with E-state index in [2.05, 4.69) is 215 Å². The van der Waals surface area contributed by atoms with Gasteiger partial charge in [-0.05, 0) is 154 Å². The zero-order valence-corrected chi connectivity index (χ0v) is 51.5. The smallest absolute Gasteiger partial charge is 0.306 e. The summed E-state index contributed by atoms with van der Waals surface area (Å²) in [5.74, 6) is -1.03. The van der Waals surface area contributed by atoms with Crippen LogP contribution in [0.5, 0.6) is 0 Å². The number of rotatable bonds is 55. The van der Waals surface area contributed by atoms with Gasteiger partial charge in [0, 0.05) is 19.3 Å². The summed E-state index contributed by atoms with van der Waals surface area (Å²) in [7, 11) is 0. The van der Waals surface area contributed by atoms with E-state index in [0.717, 1.165) is 173 Å². The molecule has 0 radical (unpaired) electrons. The van der Waals surface area contributed by atoms with Crippen LogP contribution in [-0.2, 0) is 28.6 Å². The second kappa shape index (κ2) is 66.8.